The smallest absolute Gasteiger partial charge is 0.286 e. The quantitative estimate of drug-likeness (QED) is 0.805. The molecule has 0 spiro atoms. The van der Waals surface area contributed by atoms with Gasteiger partial charge in [0.05, 0.1) is 32.6 Å². The Labute approximate surface area is 143 Å². The van der Waals surface area contributed by atoms with Crippen molar-refractivity contribution in [1.82, 2.24) is 20.6 Å². The number of nitrogens with zero attached hydrogens (tertiary/aromatic N) is 3. The van der Waals surface area contributed by atoms with Gasteiger partial charge in [-0.15, -0.1) is 0 Å². The number of ether oxygens (including phenoxy) is 2. The molecule has 2 heterocycles. The van der Waals surface area contributed by atoms with Gasteiger partial charge in [-0.05, 0) is 12.1 Å². The van der Waals surface area contributed by atoms with E-state index in [1.54, 1.807) is 12.1 Å². The first-order chi connectivity index (χ1) is 11.8. The van der Waals surface area contributed by atoms with Crippen LogP contribution < -0.4 is 10.2 Å². The van der Waals surface area contributed by atoms with E-state index in [1.807, 2.05) is 24.3 Å². The molecule has 0 saturated carbocycles. The van der Waals surface area contributed by atoms with Gasteiger partial charge in [0.2, 0.25) is 11.7 Å². The molecule has 1 amide bonds. The minimum Gasteiger partial charge on any atom is -0.497 e. The first kappa shape index (κ1) is 16.7. The molecule has 3 rings (SSSR count). The van der Waals surface area contributed by atoms with E-state index in [9.17, 15) is 4.79 Å². The Morgan fingerprint density at radius 1 is 1.46 bits per heavy atom. The zero-order valence-corrected chi connectivity index (χ0v) is 14.0. The number of rotatable bonds is 5. The summed E-state index contributed by atoms with van der Waals surface area (Å²) in [6, 6.07) is 7.39. The number of hydrogen-bond acceptors (Lipinski definition) is 8. The van der Waals surface area contributed by atoms with E-state index < -0.39 is 0 Å². The second-order valence-electron chi connectivity index (χ2n) is 4.97. The molecule has 1 aromatic heterocycles. The van der Waals surface area contributed by atoms with E-state index in [1.165, 1.54) is 11.8 Å². The molecule has 0 atom stereocenters. The first-order valence-corrected chi connectivity index (χ1v) is 8.47. The van der Waals surface area contributed by atoms with Gasteiger partial charge in [-0.25, -0.2) is 5.43 Å². The number of methoxy groups -OCH3 is 1. The Morgan fingerprint density at radius 2 is 2.38 bits per heavy atom. The van der Waals surface area contributed by atoms with Crippen LogP contribution in [0.4, 0.5) is 0 Å². The topological polar surface area (TPSA) is 89.7 Å². The van der Waals surface area contributed by atoms with Crippen molar-refractivity contribution < 1.29 is 18.8 Å². The van der Waals surface area contributed by atoms with Crippen LogP contribution in [-0.4, -0.2) is 60.2 Å². The predicted molar refractivity (Wildman–Crippen MR) is 87.5 cm³/mol. The Morgan fingerprint density at radius 3 is 3.25 bits per heavy atom. The highest BCUT2D eigenvalue weighted by Crippen LogP contribution is 2.24. The van der Waals surface area contributed by atoms with E-state index in [-0.39, 0.29) is 11.7 Å². The minimum atomic E-state index is -0.0494. The predicted octanol–water partition coefficient (Wildman–Crippen LogP) is 1.20. The van der Waals surface area contributed by atoms with Crippen LogP contribution in [0.2, 0.25) is 0 Å². The highest BCUT2D eigenvalue weighted by atomic mass is 32.2. The summed E-state index contributed by atoms with van der Waals surface area (Å²) in [7, 11) is 1.60. The molecule has 128 valence electrons. The van der Waals surface area contributed by atoms with Crippen LogP contribution >= 0.6 is 11.8 Å². The molecule has 1 aliphatic rings. The summed E-state index contributed by atoms with van der Waals surface area (Å²) < 4.78 is 15.7. The number of hydrogen-bond donors (Lipinski definition) is 1. The molecule has 0 aliphatic carbocycles. The van der Waals surface area contributed by atoms with Crippen molar-refractivity contribution in [3.63, 3.8) is 0 Å². The van der Waals surface area contributed by atoms with Gasteiger partial charge in [0.25, 0.3) is 5.22 Å². The standard InChI is InChI=1S/C15H18N4O4S/c1-21-12-4-2-3-11(9-12)14-17-15(23-18-14)24-10-13(20)19-6-8-22-7-5-16-19/h2-4,9,16H,5-8,10H2,1H3. The van der Waals surface area contributed by atoms with E-state index in [2.05, 4.69) is 15.6 Å². The molecule has 8 nitrogen and oxygen atoms in total. The molecule has 9 heteroatoms. The van der Waals surface area contributed by atoms with Gasteiger partial charge in [-0.1, -0.05) is 29.1 Å². The fraction of sp³-hybridized carbons (Fsp3) is 0.400. The van der Waals surface area contributed by atoms with Crippen molar-refractivity contribution in [3.8, 4) is 17.1 Å². The van der Waals surface area contributed by atoms with Crippen LogP contribution in [-0.2, 0) is 9.53 Å². The SMILES string of the molecule is COc1cccc(-c2noc(SCC(=O)N3CCOCCN3)n2)c1. The lowest BCUT2D eigenvalue weighted by atomic mass is 10.2. The van der Waals surface area contributed by atoms with Crippen molar-refractivity contribution in [2.75, 3.05) is 39.2 Å². The molecule has 1 saturated heterocycles. The second kappa shape index (κ2) is 8.13. The van der Waals surface area contributed by atoms with Crippen molar-refractivity contribution in [1.29, 1.82) is 0 Å². The van der Waals surface area contributed by atoms with Gasteiger partial charge in [-0.2, -0.15) is 4.98 Å². The van der Waals surface area contributed by atoms with Crippen LogP contribution in [0.3, 0.4) is 0 Å². The van der Waals surface area contributed by atoms with E-state index in [0.717, 1.165) is 11.3 Å². The molecule has 1 aliphatic heterocycles. The molecule has 1 aromatic carbocycles. The first-order valence-electron chi connectivity index (χ1n) is 7.49. The summed E-state index contributed by atoms with van der Waals surface area (Å²) in [5.41, 5.74) is 3.82. The Bertz CT molecular complexity index is 686. The molecule has 0 unspecified atom stereocenters. The zero-order valence-electron chi connectivity index (χ0n) is 13.2. The lowest BCUT2D eigenvalue weighted by Crippen LogP contribution is -2.44. The van der Waals surface area contributed by atoms with Gasteiger partial charge >= 0.3 is 0 Å². The molecular formula is C15H18N4O4S. The van der Waals surface area contributed by atoms with Crippen molar-refractivity contribution in [3.05, 3.63) is 24.3 Å². The number of carbonyl (C=O) groups is 1. The summed E-state index contributed by atoms with van der Waals surface area (Å²) >= 11 is 1.21. The highest BCUT2D eigenvalue weighted by molar-refractivity contribution is 7.99. The lowest BCUT2D eigenvalue weighted by molar-refractivity contribution is -0.131. The second-order valence-corrected chi connectivity index (χ2v) is 5.90. The number of aromatic nitrogens is 2. The molecule has 24 heavy (non-hydrogen) atoms. The van der Waals surface area contributed by atoms with Crippen molar-refractivity contribution >= 4 is 17.7 Å². The Hall–Kier alpha value is -2.10. The van der Waals surface area contributed by atoms with Crippen LogP contribution in [0.1, 0.15) is 0 Å². The van der Waals surface area contributed by atoms with Gasteiger partial charge in [0.1, 0.15) is 5.75 Å². The third-order valence-electron chi connectivity index (χ3n) is 3.36. The van der Waals surface area contributed by atoms with Crippen molar-refractivity contribution in [2.45, 2.75) is 5.22 Å². The zero-order chi connectivity index (χ0) is 16.8. The molecule has 1 fully saturated rings. The maximum absolute atomic E-state index is 12.2. The average Bonchev–Trinajstić information content (AvgIpc) is 2.93. The fourth-order valence-corrected chi connectivity index (χ4v) is 2.80. The maximum Gasteiger partial charge on any atom is 0.286 e. The lowest BCUT2D eigenvalue weighted by Gasteiger charge is -2.19. The highest BCUT2D eigenvalue weighted by Gasteiger charge is 2.17. The maximum atomic E-state index is 12.2. The largest absolute Gasteiger partial charge is 0.497 e. The average molecular weight is 350 g/mol. The van der Waals surface area contributed by atoms with E-state index in [0.29, 0.717) is 37.4 Å². The number of carbonyl (C=O) groups excluding carboxylic acids is 1. The molecule has 2 aromatic rings. The Kier molecular flexibility index (Phi) is 5.68. The number of benzene rings is 1. The summed E-state index contributed by atoms with van der Waals surface area (Å²) in [5.74, 6) is 1.35. The molecular weight excluding hydrogens is 332 g/mol. The van der Waals surface area contributed by atoms with E-state index in [4.69, 9.17) is 14.0 Å². The normalized spacial score (nSPS) is 15.1. The monoisotopic (exact) mass is 350 g/mol. The number of hydrazine groups is 1. The third-order valence-corrected chi connectivity index (χ3v) is 4.17. The van der Waals surface area contributed by atoms with Crippen LogP contribution in [0.5, 0.6) is 5.75 Å². The summed E-state index contributed by atoms with van der Waals surface area (Å²) in [6.07, 6.45) is 0. The van der Waals surface area contributed by atoms with E-state index >= 15 is 0 Å². The van der Waals surface area contributed by atoms with Crippen molar-refractivity contribution in [2.24, 2.45) is 0 Å². The van der Waals surface area contributed by atoms with Gasteiger partial charge < -0.3 is 14.0 Å². The van der Waals surface area contributed by atoms with Gasteiger partial charge in [-0.3, -0.25) is 9.80 Å². The number of amides is 1. The molecule has 1 N–H and O–H groups in total. The summed E-state index contributed by atoms with van der Waals surface area (Å²) in [4.78, 5) is 16.5. The van der Waals surface area contributed by atoms with Gasteiger partial charge in [0.15, 0.2) is 0 Å². The van der Waals surface area contributed by atoms with Crippen LogP contribution in [0.25, 0.3) is 11.4 Å². The summed E-state index contributed by atoms with van der Waals surface area (Å²) in [5, 5.41) is 5.87. The van der Waals surface area contributed by atoms with Gasteiger partial charge in [0, 0.05) is 12.1 Å². The van der Waals surface area contributed by atoms with Crippen LogP contribution in [0.15, 0.2) is 34.0 Å². The van der Waals surface area contributed by atoms with Crippen LogP contribution in [0, 0.1) is 0 Å². The minimum absolute atomic E-state index is 0.0494. The number of thioether (sulfide) groups is 1. The molecule has 0 bridgehead atoms. The molecule has 0 radical (unpaired) electrons. The Balaban J connectivity index is 1.58. The summed E-state index contributed by atoms with van der Waals surface area (Å²) in [6.45, 7) is 2.28. The fourth-order valence-electron chi connectivity index (χ4n) is 2.15. The number of nitrogens with one attached hydrogen (secondary N) is 1. The third kappa shape index (κ3) is 4.25.